The van der Waals surface area contributed by atoms with Gasteiger partial charge in [-0.3, -0.25) is 33.8 Å². The summed E-state index contributed by atoms with van der Waals surface area (Å²) in [6.07, 6.45) is 5.61. The van der Waals surface area contributed by atoms with Crippen LogP contribution in [0.5, 0.6) is 5.88 Å². The highest BCUT2D eigenvalue weighted by Crippen LogP contribution is 2.37. The summed E-state index contributed by atoms with van der Waals surface area (Å²) in [4.78, 5) is 63.8. The second-order valence-electron chi connectivity index (χ2n) is 14.2. The van der Waals surface area contributed by atoms with Crippen molar-refractivity contribution in [1.29, 1.82) is 0 Å². The van der Waals surface area contributed by atoms with Crippen molar-refractivity contribution in [2.45, 2.75) is 44.4 Å². The summed E-state index contributed by atoms with van der Waals surface area (Å²) in [6, 6.07) is 13.0. The molecule has 4 aromatic heterocycles. The van der Waals surface area contributed by atoms with Crippen LogP contribution in [-0.4, -0.2) is 68.7 Å². The summed E-state index contributed by atoms with van der Waals surface area (Å²) in [7, 11) is 5.10. The van der Waals surface area contributed by atoms with E-state index in [1.165, 1.54) is 13.3 Å². The predicted octanol–water partition coefficient (Wildman–Crippen LogP) is 4.73. The second kappa shape index (κ2) is 15.4. The first-order valence-corrected chi connectivity index (χ1v) is 18.6. The van der Waals surface area contributed by atoms with E-state index in [1.54, 1.807) is 60.6 Å². The first-order valence-electron chi connectivity index (χ1n) is 18.6. The fraction of sp³-hybridized carbons (Fsp3) is 0.310. The average Bonchev–Trinajstić information content (AvgIpc) is 3.73. The number of rotatable bonds is 8. The van der Waals surface area contributed by atoms with Crippen LogP contribution in [0.1, 0.15) is 70.5 Å². The number of aromatic nitrogens is 5. The largest absolute Gasteiger partial charge is 0.479 e. The molecule has 57 heavy (non-hydrogen) atoms. The number of imidazole rings is 1. The Bertz CT molecular complexity index is 2710. The number of hydrogen-bond acceptors (Lipinski definition) is 11. The van der Waals surface area contributed by atoms with Crippen molar-refractivity contribution in [3.05, 3.63) is 93.5 Å². The molecule has 2 fully saturated rings. The molecule has 0 bridgehead atoms. The molecular weight excluding hydrogens is 729 g/mol. The molecule has 15 nitrogen and oxygen atoms in total. The molecule has 0 aliphatic carbocycles. The summed E-state index contributed by atoms with van der Waals surface area (Å²) in [6.45, 7) is 3.16. The lowest BCUT2D eigenvalue weighted by molar-refractivity contribution is -0.134. The van der Waals surface area contributed by atoms with Gasteiger partial charge < -0.3 is 24.5 Å². The van der Waals surface area contributed by atoms with Crippen LogP contribution in [0.15, 0.2) is 64.1 Å². The third-order valence-corrected chi connectivity index (χ3v) is 10.6. The van der Waals surface area contributed by atoms with Crippen molar-refractivity contribution in [2.24, 2.45) is 14.1 Å². The van der Waals surface area contributed by atoms with E-state index in [0.717, 1.165) is 46.1 Å². The fourth-order valence-electron chi connectivity index (χ4n) is 7.69. The average molecular weight is 769 g/mol. The van der Waals surface area contributed by atoms with E-state index in [2.05, 4.69) is 48.8 Å². The van der Waals surface area contributed by atoms with E-state index in [9.17, 15) is 19.2 Å². The Balaban J connectivity index is 0.955. The Labute approximate surface area is 326 Å². The summed E-state index contributed by atoms with van der Waals surface area (Å²) in [5.41, 5.74) is 6.83. The Morgan fingerprint density at radius 1 is 1.02 bits per heavy atom. The minimum Gasteiger partial charge on any atom is -0.479 e. The lowest BCUT2D eigenvalue weighted by Gasteiger charge is -2.24. The highest BCUT2D eigenvalue weighted by atomic mass is 16.5. The van der Waals surface area contributed by atoms with Crippen LogP contribution >= 0.6 is 0 Å². The van der Waals surface area contributed by atoms with Gasteiger partial charge in [-0.15, -0.1) is 0 Å². The van der Waals surface area contributed by atoms with Crippen molar-refractivity contribution < 1.29 is 28.3 Å². The lowest BCUT2D eigenvalue weighted by Crippen LogP contribution is -2.39. The first kappa shape index (κ1) is 37.1. The van der Waals surface area contributed by atoms with E-state index in [1.807, 2.05) is 12.1 Å². The normalized spacial score (nSPS) is 16.0. The standard InChI is InChI=1S/C42H40N8O7/c1-23-17-25(21-44-36(23)40(53)43-14-6-7-27-20-31-28(8-5-9-34(31)57-27)29-10-11-35(51)47-39(29)52)38-45-22-32(41(48-38)55-4)46-26-18-30(24-12-15-56-16-13-24)37-33(19-26)49(2)42(54)50(37)3/h5,8-9,17-22,24,29,46H,10-16H2,1-4H3,(H,43,53)(H,47,51,52). The molecule has 6 aromatic rings. The monoisotopic (exact) mass is 768 g/mol. The minimum absolute atomic E-state index is 0.0393. The van der Waals surface area contributed by atoms with Gasteiger partial charge in [0.25, 0.3) is 5.91 Å². The number of anilines is 2. The number of nitrogens with zero attached hydrogens (tertiary/aromatic N) is 5. The van der Waals surface area contributed by atoms with Gasteiger partial charge in [0.2, 0.25) is 17.7 Å². The maximum Gasteiger partial charge on any atom is 0.328 e. The van der Waals surface area contributed by atoms with E-state index >= 15 is 0 Å². The first-order chi connectivity index (χ1) is 27.6. The zero-order valence-electron chi connectivity index (χ0n) is 31.9. The SMILES string of the molecule is COc1nc(-c2cnc(C(=O)NCC#Cc3cc4c(C5CCC(=O)NC5=O)cccc4o3)c(C)c2)ncc1Nc1cc(C2CCOCC2)c2c(c1)n(C)c(=O)n2C. The highest BCUT2D eigenvalue weighted by Gasteiger charge is 2.30. The molecule has 1 unspecified atom stereocenters. The molecule has 2 aliphatic heterocycles. The van der Waals surface area contributed by atoms with Gasteiger partial charge in [-0.2, -0.15) is 4.98 Å². The van der Waals surface area contributed by atoms with Gasteiger partial charge in [-0.05, 0) is 79.0 Å². The number of benzene rings is 2. The maximum absolute atomic E-state index is 13.1. The van der Waals surface area contributed by atoms with Gasteiger partial charge in [0.15, 0.2) is 11.6 Å². The Hall–Kier alpha value is -6.79. The molecule has 3 N–H and O–H groups in total. The van der Waals surface area contributed by atoms with Crippen molar-refractivity contribution >= 4 is 51.1 Å². The summed E-state index contributed by atoms with van der Waals surface area (Å²) < 4.78 is 20.5. The van der Waals surface area contributed by atoms with Crippen molar-refractivity contribution in [3.63, 3.8) is 0 Å². The summed E-state index contributed by atoms with van der Waals surface area (Å²) in [5, 5.41) is 9.35. The second-order valence-corrected chi connectivity index (χ2v) is 14.2. The van der Waals surface area contributed by atoms with Gasteiger partial charge >= 0.3 is 5.69 Å². The van der Waals surface area contributed by atoms with E-state index in [4.69, 9.17) is 13.9 Å². The van der Waals surface area contributed by atoms with Crippen molar-refractivity contribution in [3.8, 4) is 29.1 Å². The van der Waals surface area contributed by atoms with Crippen molar-refractivity contribution in [1.82, 2.24) is 34.7 Å². The molecule has 2 aliphatic rings. The smallest absolute Gasteiger partial charge is 0.328 e. The van der Waals surface area contributed by atoms with Gasteiger partial charge in [-0.25, -0.2) is 9.78 Å². The number of methoxy groups -OCH3 is 1. The number of furan rings is 1. The highest BCUT2D eigenvalue weighted by molar-refractivity contribution is 6.03. The molecule has 0 radical (unpaired) electrons. The van der Waals surface area contributed by atoms with Crippen molar-refractivity contribution in [2.75, 3.05) is 32.2 Å². The maximum atomic E-state index is 13.1. The lowest BCUT2D eigenvalue weighted by atomic mass is 9.88. The zero-order chi connectivity index (χ0) is 39.8. The fourth-order valence-corrected chi connectivity index (χ4v) is 7.69. The molecule has 3 amide bonds. The number of amides is 3. The zero-order valence-corrected chi connectivity index (χ0v) is 31.9. The van der Waals surface area contributed by atoms with Gasteiger partial charge in [0.05, 0.1) is 36.8 Å². The van der Waals surface area contributed by atoms with Crippen LogP contribution in [0.25, 0.3) is 33.4 Å². The predicted molar refractivity (Wildman–Crippen MR) is 211 cm³/mol. The van der Waals surface area contributed by atoms with E-state index in [-0.39, 0.29) is 42.1 Å². The number of carbonyl (C=O) groups excluding carboxylic acids is 3. The summed E-state index contributed by atoms with van der Waals surface area (Å²) in [5.74, 6) is 5.72. The topological polar surface area (TPSA) is 184 Å². The third kappa shape index (κ3) is 7.22. The number of fused-ring (bicyclic) bond motifs is 2. The molecule has 290 valence electrons. The number of hydrogen-bond donors (Lipinski definition) is 3. The summed E-state index contributed by atoms with van der Waals surface area (Å²) >= 11 is 0. The van der Waals surface area contributed by atoms with Crippen LogP contribution in [0.3, 0.4) is 0 Å². The number of carbonyl (C=O) groups is 3. The minimum atomic E-state index is -0.451. The molecule has 8 rings (SSSR count). The van der Waals surface area contributed by atoms with E-state index < -0.39 is 11.8 Å². The molecule has 2 aromatic carbocycles. The van der Waals surface area contributed by atoms with Crippen LogP contribution < -0.4 is 26.4 Å². The number of piperidine rings is 1. The number of ether oxygens (including phenoxy) is 2. The molecule has 6 heterocycles. The van der Waals surface area contributed by atoms with Crippen LogP contribution in [0.4, 0.5) is 11.4 Å². The number of imide groups is 1. The Kier molecular flexibility index (Phi) is 10.0. The number of aryl methyl sites for hydroxylation is 3. The quantitative estimate of drug-likeness (QED) is 0.144. The Morgan fingerprint density at radius 3 is 2.61 bits per heavy atom. The Morgan fingerprint density at radius 2 is 1.84 bits per heavy atom. The molecule has 2 saturated heterocycles. The van der Waals surface area contributed by atoms with Crippen LogP contribution in [-0.2, 0) is 28.4 Å². The number of nitrogens with one attached hydrogen (secondary N) is 3. The third-order valence-electron chi connectivity index (χ3n) is 10.6. The molecule has 0 spiro atoms. The number of pyridine rings is 1. The van der Waals surface area contributed by atoms with Gasteiger partial charge in [-0.1, -0.05) is 18.1 Å². The van der Waals surface area contributed by atoms with E-state index in [0.29, 0.717) is 59.5 Å². The molecule has 1 atom stereocenters. The van der Waals surface area contributed by atoms with Gasteiger partial charge in [0, 0.05) is 62.6 Å². The van der Waals surface area contributed by atoms with Crippen LogP contribution in [0, 0.1) is 18.8 Å². The molecular formula is C42H40N8O7. The molecule has 0 saturated carbocycles. The van der Waals surface area contributed by atoms with Crippen LogP contribution in [0.2, 0.25) is 0 Å². The molecule has 15 heteroatoms. The van der Waals surface area contributed by atoms with Gasteiger partial charge in [0.1, 0.15) is 17.0 Å².